The van der Waals surface area contributed by atoms with Gasteiger partial charge in [-0.2, -0.15) is 0 Å². The minimum absolute atomic E-state index is 0.207. The molecule has 17 heavy (non-hydrogen) atoms. The molecule has 0 atom stereocenters. The summed E-state index contributed by atoms with van der Waals surface area (Å²) in [6.45, 7) is 1.35. The third-order valence-electron chi connectivity index (χ3n) is 2.35. The Bertz CT molecular complexity index is 391. The first-order valence-electron chi connectivity index (χ1n) is 5.41. The van der Waals surface area contributed by atoms with Crippen LogP contribution in [0.5, 0.6) is 5.75 Å². The van der Waals surface area contributed by atoms with Crippen LogP contribution in [-0.4, -0.2) is 45.1 Å². The predicted molar refractivity (Wildman–Crippen MR) is 68.3 cm³/mol. The average Bonchev–Trinajstić information content (AvgIpc) is 2.27. The molecule has 0 aliphatic carbocycles. The van der Waals surface area contributed by atoms with Gasteiger partial charge in [-0.15, -0.1) is 0 Å². The van der Waals surface area contributed by atoms with E-state index in [4.69, 9.17) is 10.5 Å². The molecule has 0 heterocycles. The molecule has 1 aromatic carbocycles. The fourth-order valence-corrected chi connectivity index (χ4v) is 1.44. The monoisotopic (exact) mass is 237 g/mol. The average molecular weight is 237 g/mol. The van der Waals surface area contributed by atoms with Gasteiger partial charge in [0.05, 0.1) is 7.11 Å². The highest BCUT2D eigenvalue weighted by atomic mass is 16.5. The second-order valence-electron chi connectivity index (χ2n) is 3.98. The number of nitrogens with two attached hydrogens (primary N) is 1. The summed E-state index contributed by atoms with van der Waals surface area (Å²) in [4.78, 5) is 13.9. The minimum atomic E-state index is -0.207. The smallest absolute Gasteiger partial charge is 0.257 e. The summed E-state index contributed by atoms with van der Waals surface area (Å²) in [5.74, 6) is 0.286. The first kappa shape index (κ1) is 13.3. The van der Waals surface area contributed by atoms with Gasteiger partial charge in [-0.1, -0.05) is 6.07 Å². The van der Waals surface area contributed by atoms with Gasteiger partial charge in [-0.05, 0) is 26.2 Å². The molecule has 0 saturated carbocycles. The molecule has 0 fully saturated rings. The van der Waals surface area contributed by atoms with Gasteiger partial charge < -0.3 is 20.7 Å². The van der Waals surface area contributed by atoms with Gasteiger partial charge >= 0.3 is 0 Å². The van der Waals surface area contributed by atoms with E-state index in [1.165, 1.54) is 7.11 Å². The number of hydrogen-bond donors (Lipinski definition) is 2. The van der Waals surface area contributed by atoms with E-state index in [1.807, 2.05) is 19.0 Å². The molecule has 1 aromatic rings. The maximum atomic E-state index is 11.9. The number of amides is 1. The van der Waals surface area contributed by atoms with Crippen molar-refractivity contribution in [2.45, 2.75) is 0 Å². The summed E-state index contributed by atoms with van der Waals surface area (Å²) in [6.07, 6.45) is 0. The fraction of sp³-hybridized carbons (Fsp3) is 0.417. The van der Waals surface area contributed by atoms with E-state index in [0.29, 0.717) is 23.5 Å². The Morgan fingerprint density at radius 3 is 2.76 bits per heavy atom. The van der Waals surface area contributed by atoms with Crippen LogP contribution in [0.3, 0.4) is 0 Å². The standard InChI is InChI=1S/C12H19N3O2/c1-15(2)8-7-14-12(16)11-9(13)5-4-6-10(11)17-3/h4-6H,7-8,13H2,1-3H3,(H,14,16). The molecule has 0 unspecified atom stereocenters. The van der Waals surface area contributed by atoms with Crippen LogP contribution >= 0.6 is 0 Å². The molecular formula is C12H19N3O2. The topological polar surface area (TPSA) is 67.6 Å². The number of carbonyl (C=O) groups excluding carboxylic acids is 1. The van der Waals surface area contributed by atoms with Gasteiger partial charge in [-0.3, -0.25) is 4.79 Å². The summed E-state index contributed by atoms with van der Waals surface area (Å²) in [5.41, 5.74) is 6.60. The highest BCUT2D eigenvalue weighted by Gasteiger charge is 2.14. The lowest BCUT2D eigenvalue weighted by Crippen LogP contribution is -2.32. The van der Waals surface area contributed by atoms with Crippen LogP contribution in [0.4, 0.5) is 5.69 Å². The zero-order valence-corrected chi connectivity index (χ0v) is 10.5. The van der Waals surface area contributed by atoms with Crippen LogP contribution < -0.4 is 15.8 Å². The van der Waals surface area contributed by atoms with Crippen LogP contribution in [0.1, 0.15) is 10.4 Å². The summed E-state index contributed by atoms with van der Waals surface area (Å²) in [6, 6.07) is 5.16. The molecule has 94 valence electrons. The van der Waals surface area contributed by atoms with E-state index in [1.54, 1.807) is 18.2 Å². The molecule has 0 aliphatic heterocycles. The zero-order chi connectivity index (χ0) is 12.8. The number of anilines is 1. The number of methoxy groups -OCH3 is 1. The molecule has 0 radical (unpaired) electrons. The molecule has 0 bridgehead atoms. The van der Waals surface area contributed by atoms with E-state index >= 15 is 0 Å². The Balaban J connectivity index is 2.74. The van der Waals surface area contributed by atoms with Crippen molar-refractivity contribution in [1.29, 1.82) is 0 Å². The molecule has 3 N–H and O–H groups in total. The lowest BCUT2D eigenvalue weighted by Gasteiger charge is -2.13. The van der Waals surface area contributed by atoms with Gasteiger partial charge in [0.1, 0.15) is 11.3 Å². The van der Waals surface area contributed by atoms with Crippen molar-refractivity contribution in [3.05, 3.63) is 23.8 Å². The summed E-state index contributed by atoms with van der Waals surface area (Å²) < 4.78 is 5.12. The van der Waals surface area contributed by atoms with Crippen molar-refractivity contribution < 1.29 is 9.53 Å². The minimum Gasteiger partial charge on any atom is -0.496 e. The summed E-state index contributed by atoms with van der Waals surface area (Å²) in [5, 5.41) is 2.81. The predicted octanol–water partition coefficient (Wildman–Crippen LogP) is 0.569. The van der Waals surface area contributed by atoms with Crippen LogP contribution in [0, 0.1) is 0 Å². The Hall–Kier alpha value is -1.75. The SMILES string of the molecule is COc1cccc(N)c1C(=O)NCCN(C)C. The number of carbonyl (C=O) groups is 1. The molecular weight excluding hydrogens is 218 g/mol. The van der Waals surface area contributed by atoms with E-state index in [2.05, 4.69) is 5.32 Å². The van der Waals surface area contributed by atoms with Crippen molar-refractivity contribution >= 4 is 11.6 Å². The first-order chi connectivity index (χ1) is 8.06. The van der Waals surface area contributed by atoms with Crippen LogP contribution in [0.15, 0.2) is 18.2 Å². The molecule has 0 aromatic heterocycles. The third-order valence-corrected chi connectivity index (χ3v) is 2.35. The largest absolute Gasteiger partial charge is 0.496 e. The molecule has 5 nitrogen and oxygen atoms in total. The highest BCUT2D eigenvalue weighted by Crippen LogP contribution is 2.23. The Labute approximate surface area is 102 Å². The number of rotatable bonds is 5. The second kappa shape index (κ2) is 6.10. The lowest BCUT2D eigenvalue weighted by molar-refractivity contribution is 0.0949. The van der Waals surface area contributed by atoms with Crippen molar-refractivity contribution in [3.63, 3.8) is 0 Å². The van der Waals surface area contributed by atoms with Gasteiger partial charge in [0.2, 0.25) is 0 Å². The molecule has 1 rings (SSSR count). The Kier molecular flexibility index (Phi) is 4.78. The summed E-state index contributed by atoms with van der Waals surface area (Å²) in [7, 11) is 5.42. The van der Waals surface area contributed by atoms with Gasteiger partial charge in [0.15, 0.2) is 0 Å². The maximum absolute atomic E-state index is 11.9. The van der Waals surface area contributed by atoms with Crippen molar-refractivity contribution in [2.24, 2.45) is 0 Å². The quantitative estimate of drug-likeness (QED) is 0.735. The van der Waals surface area contributed by atoms with E-state index in [9.17, 15) is 4.79 Å². The van der Waals surface area contributed by atoms with Crippen LogP contribution in [-0.2, 0) is 0 Å². The number of nitrogens with zero attached hydrogens (tertiary/aromatic N) is 1. The fourth-order valence-electron chi connectivity index (χ4n) is 1.44. The normalized spacial score (nSPS) is 10.4. The number of nitrogens with one attached hydrogen (secondary N) is 1. The first-order valence-corrected chi connectivity index (χ1v) is 5.41. The van der Waals surface area contributed by atoms with Crippen LogP contribution in [0.25, 0.3) is 0 Å². The molecule has 0 spiro atoms. The zero-order valence-electron chi connectivity index (χ0n) is 10.5. The highest BCUT2D eigenvalue weighted by molar-refractivity contribution is 6.01. The van der Waals surface area contributed by atoms with E-state index in [-0.39, 0.29) is 5.91 Å². The Morgan fingerprint density at radius 2 is 2.18 bits per heavy atom. The van der Waals surface area contributed by atoms with E-state index in [0.717, 1.165) is 6.54 Å². The lowest BCUT2D eigenvalue weighted by atomic mass is 10.1. The molecule has 0 saturated heterocycles. The Morgan fingerprint density at radius 1 is 1.47 bits per heavy atom. The van der Waals surface area contributed by atoms with E-state index < -0.39 is 0 Å². The number of hydrogen-bond acceptors (Lipinski definition) is 4. The molecule has 5 heteroatoms. The number of nitrogen functional groups attached to an aromatic ring is 1. The number of benzene rings is 1. The number of ether oxygens (including phenoxy) is 1. The van der Waals surface area contributed by atoms with Crippen LogP contribution in [0.2, 0.25) is 0 Å². The van der Waals surface area contributed by atoms with Crippen molar-refractivity contribution in [1.82, 2.24) is 10.2 Å². The third kappa shape index (κ3) is 3.64. The van der Waals surface area contributed by atoms with Crippen molar-refractivity contribution in [2.75, 3.05) is 40.0 Å². The van der Waals surface area contributed by atoms with Gasteiger partial charge in [-0.25, -0.2) is 0 Å². The number of likely N-dealkylation sites (N-methyl/N-ethyl adjacent to an activating group) is 1. The summed E-state index contributed by atoms with van der Waals surface area (Å²) >= 11 is 0. The molecule has 1 amide bonds. The van der Waals surface area contributed by atoms with Crippen molar-refractivity contribution in [3.8, 4) is 5.75 Å². The van der Waals surface area contributed by atoms with Gasteiger partial charge in [0, 0.05) is 18.8 Å². The molecule has 0 aliphatic rings. The maximum Gasteiger partial charge on any atom is 0.257 e. The second-order valence-corrected chi connectivity index (χ2v) is 3.98. The van der Waals surface area contributed by atoms with Gasteiger partial charge in [0.25, 0.3) is 5.91 Å².